The van der Waals surface area contributed by atoms with Crippen LogP contribution in [-0.4, -0.2) is 31.2 Å². The van der Waals surface area contributed by atoms with Crippen molar-refractivity contribution in [1.29, 1.82) is 0 Å². The maximum absolute atomic E-state index is 12.5. The minimum atomic E-state index is -3.56. The standard InChI is InChI=1S/C12H22N4O2S/c1-4-12(6-5-7-12)16-19(17,18)11-10(8-13-3)9(2)14-15-11/h13,16H,4-8H2,1-3H3,(H,14,15). The van der Waals surface area contributed by atoms with Crippen molar-refractivity contribution in [3.8, 4) is 0 Å². The topological polar surface area (TPSA) is 86.9 Å². The predicted molar refractivity (Wildman–Crippen MR) is 73.3 cm³/mol. The van der Waals surface area contributed by atoms with Crippen LogP contribution in [0.5, 0.6) is 0 Å². The second-order valence-corrected chi connectivity index (χ2v) is 6.85. The zero-order chi connectivity index (χ0) is 14.1. The second-order valence-electron chi connectivity index (χ2n) is 5.26. The minimum absolute atomic E-state index is 0.124. The number of aromatic nitrogens is 2. The van der Waals surface area contributed by atoms with E-state index in [4.69, 9.17) is 0 Å². The van der Waals surface area contributed by atoms with Crippen LogP contribution in [0.1, 0.15) is 43.9 Å². The first kappa shape index (κ1) is 14.5. The average molecular weight is 286 g/mol. The highest BCUT2D eigenvalue weighted by Gasteiger charge is 2.40. The summed E-state index contributed by atoms with van der Waals surface area (Å²) < 4.78 is 27.8. The molecule has 108 valence electrons. The van der Waals surface area contributed by atoms with E-state index >= 15 is 0 Å². The van der Waals surface area contributed by atoms with Crippen molar-refractivity contribution < 1.29 is 8.42 Å². The Bertz CT molecular complexity index is 541. The highest BCUT2D eigenvalue weighted by molar-refractivity contribution is 7.89. The van der Waals surface area contributed by atoms with Crippen LogP contribution in [-0.2, 0) is 16.6 Å². The number of hydrogen-bond acceptors (Lipinski definition) is 4. The van der Waals surface area contributed by atoms with Crippen molar-refractivity contribution in [2.45, 2.75) is 56.6 Å². The molecule has 2 rings (SSSR count). The van der Waals surface area contributed by atoms with Crippen molar-refractivity contribution in [2.24, 2.45) is 0 Å². The van der Waals surface area contributed by atoms with E-state index in [-0.39, 0.29) is 10.6 Å². The van der Waals surface area contributed by atoms with Crippen LogP contribution >= 0.6 is 0 Å². The molecule has 0 aliphatic heterocycles. The third-order valence-electron chi connectivity index (χ3n) is 3.98. The summed E-state index contributed by atoms with van der Waals surface area (Å²) in [5, 5.41) is 9.83. The highest BCUT2D eigenvalue weighted by Crippen LogP contribution is 2.36. The van der Waals surface area contributed by atoms with E-state index in [1.165, 1.54) is 0 Å². The van der Waals surface area contributed by atoms with Gasteiger partial charge in [-0.3, -0.25) is 5.10 Å². The highest BCUT2D eigenvalue weighted by atomic mass is 32.2. The Morgan fingerprint density at radius 2 is 2.11 bits per heavy atom. The number of nitrogens with zero attached hydrogens (tertiary/aromatic N) is 1. The maximum atomic E-state index is 12.5. The van der Waals surface area contributed by atoms with Crippen molar-refractivity contribution in [1.82, 2.24) is 20.2 Å². The zero-order valence-corrected chi connectivity index (χ0v) is 12.5. The molecule has 19 heavy (non-hydrogen) atoms. The van der Waals surface area contributed by atoms with Gasteiger partial charge >= 0.3 is 0 Å². The van der Waals surface area contributed by atoms with E-state index in [9.17, 15) is 8.42 Å². The van der Waals surface area contributed by atoms with Gasteiger partial charge in [-0.15, -0.1) is 0 Å². The van der Waals surface area contributed by atoms with Gasteiger partial charge < -0.3 is 5.32 Å². The molecule has 0 aromatic carbocycles. The number of rotatable bonds is 6. The molecule has 1 heterocycles. The molecular weight excluding hydrogens is 264 g/mol. The third kappa shape index (κ3) is 2.68. The molecule has 7 heteroatoms. The van der Waals surface area contributed by atoms with E-state index in [0.29, 0.717) is 12.1 Å². The second kappa shape index (κ2) is 5.22. The molecule has 0 spiro atoms. The Balaban J connectivity index is 2.29. The first-order valence-corrected chi connectivity index (χ1v) is 8.15. The molecule has 6 nitrogen and oxygen atoms in total. The molecule has 1 aromatic rings. The fourth-order valence-electron chi connectivity index (χ4n) is 2.50. The summed E-state index contributed by atoms with van der Waals surface area (Å²) in [5.41, 5.74) is 1.23. The predicted octanol–water partition coefficient (Wildman–Crippen LogP) is 1.05. The van der Waals surface area contributed by atoms with Gasteiger partial charge in [0.25, 0.3) is 10.0 Å². The number of hydrogen-bond donors (Lipinski definition) is 3. The van der Waals surface area contributed by atoms with Gasteiger partial charge in [0.05, 0.1) is 0 Å². The van der Waals surface area contributed by atoms with Gasteiger partial charge in [0.1, 0.15) is 0 Å². The lowest BCUT2D eigenvalue weighted by atomic mass is 9.76. The molecule has 0 atom stereocenters. The van der Waals surface area contributed by atoms with Crippen LogP contribution in [0.15, 0.2) is 5.03 Å². The first-order chi connectivity index (χ1) is 8.94. The molecule has 1 fully saturated rings. The van der Waals surface area contributed by atoms with Gasteiger partial charge in [-0.25, -0.2) is 13.1 Å². The third-order valence-corrected chi connectivity index (χ3v) is 5.53. The van der Waals surface area contributed by atoms with E-state index in [1.807, 2.05) is 13.8 Å². The van der Waals surface area contributed by atoms with E-state index in [1.54, 1.807) is 7.05 Å². The summed E-state index contributed by atoms with van der Waals surface area (Å²) in [6.45, 7) is 4.33. The van der Waals surface area contributed by atoms with Gasteiger partial charge in [-0.2, -0.15) is 5.10 Å². The molecule has 0 bridgehead atoms. The summed E-state index contributed by atoms with van der Waals surface area (Å²) in [6.07, 6.45) is 3.72. The number of aryl methyl sites for hydroxylation is 1. The van der Waals surface area contributed by atoms with Crippen LogP contribution < -0.4 is 10.0 Å². The molecule has 3 N–H and O–H groups in total. The molecule has 1 aliphatic rings. The fraction of sp³-hybridized carbons (Fsp3) is 0.750. The fourth-order valence-corrected chi connectivity index (χ4v) is 4.23. The quantitative estimate of drug-likeness (QED) is 0.729. The molecule has 1 aliphatic carbocycles. The lowest BCUT2D eigenvalue weighted by Gasteiger charge is -2.41. The maximum Gasteiger partial charge on any atom is 0.260 e. The van der Waals surface area contributed by atoms with Crippen LogP contribution in [0.2, 0.25) is 0 Å². The summed E-state index contributed by atoms with van der Waals surface area (Å²) >= 11 is 0. The average Bonchev–Trinajstić information content (AvgIpc) is 2.67. The molecule has 0 unspecified atom stereocenters. The van der Waals surface area contributed by atoms with Crippen molar-refractivity contribution in [2.75, 3.05) is 7.05 Å². The van der Waals surface area contributed by atoms with E-state index in [2.05, 4.69) is 20.2 Å². The monoisotopic (exact) mass is 286 g/mol. The smallest absolute Gasteiger partial charge is 0.260 e. The minimum Gasteiger partial charge on any atom is -0.316 e. The van der Waals surface area contributed by atoms with Crippen molar-refractivity contribution in [3.63, 3.8) is 0 Å². The molecule has 0 saturated heterocycles. The Kier molecular flexibility index (Phi) is 3.98. The van der Waals surface area contributed by atoms with E-state index < -0.39 is 10.0 Å². The lowest BCUT2D eigenvalue weighted by Crippen LogP contribution is -2.53. The van der Waals surface area contributed by atoms with Crippen molar-refractivity contribution >= 4 is 10.0 Å². The lowest BCUT2D eigenvalue weighted by molar-refractivity contribution is 0.213. The summed E-state index contributed by atoms with van der Waals surface area (Å²) in [7, 11) is -1.77. The molecule has 0 amide bonds. The van der Waals surface area contributed by atoms with Gasteiger partial charge in [-0.1, -0.05) is 6.92 Å². The van der Waals surface area contributed by atoms with Gasteiger partial charge in [0.15, 0.2) is 5.03 Å². The van der Waals surface area contributed by atoms with Gasteiger partial charge in [-0.05, 0) is 39.7 Å². The Morgan fingerprint density at radius 1 is 1.42 bits per heavy atom. The van der Waals surface area contributed by atoms with E-state index in [0.717, 1.165) is 31.4 Å². The zero-order valence-electron chi connectivity index (χ0n) is 11.7. The van der Waals surface area contributed by atoms with Crippen LogP contribution in [0, 0.1) is 6.92 Å². The Labute approximate surface area is 114 Å². The first-order valence-electron chi connectivity index (χ1n) is 6.66. The SMILES string of the molecule is CCC1(NS(=O)(=O)c2n[nH]c(C)c2CNC)CCC1. The molecular formula is C12H22N4O2S. The number of aromatic amines is 1. The molecule has 1 aromatic heterocycles. The van der Waals surface area contributed by atoms with Crippen LogP contribution in [0.25, 0.3) is 0 Å². The summed E-state index contributed by atoms with van der Waals surface area (Å²) in [5.74, 6) is 0. The largest absolute Gasteiger partial charge is 0.316 e. The molecule has 1 saturated carbocycles. The summed E-state index contributed by atoms with van der Waals surface area (Å²) in [6, 6.07) is 0. The summed E-state index contributed by atoms with van der Waals surface area (Å²) in [4.78, 5) is 0. The Hall–Kier alpha value is -0.920. The van der Waals surface area contributed by atoms with Crippen LogP contribution in [0.3, 0.4) is 0 Å². The molecule has 0 radical (unpaired) electrons. The number of nitrogens with one attached hydrogen (secondary N) is 3. The van der Waals surface area contributed by atoms with Crippen LogP contribution in [0.4, 0.5) is 0 Å². The van der Waals surface area contributed by atoms with Crippen molar-refractivity contribution in [3.05, 3.63) is 11.3 Å². The Morgan fingerprint density at radius 3 is 2.58 bits per heavy atom. The normalized spacial score (nSPS) is 18.3. The number of H-pyrrole nitrogens is 1. The van der Waals surface area contributed by atoms with Gasteiger partial charge in [0.2, 0.25) is 0 Å². The van der Waals surface area contributed by atoms with Gasteiger partial charge in [0, 0.05) is 23.3 Å². The number of sulfonamides is 1.